The normalized spacial score (nSPS) is 25.4. The predicted molar refractivity (Wildman–Crippen MR) is 208 cm³/mol. The Bertz CT molecular complexity index is 2420. The van der Waals surface area contributed by atoms with Gasteiger partial charge in [-0.1, -0.05) is 59.1 Å². The zero-order valence-electron chi connectivity index (χ0n) is 30.3. The first-order chi connectivity index (χ1) is 27.6. The molecule has 58 heavy (non-hydrogen) atoms. The summed E-state index contributed by atoms with van der Waals surface area (Å²) in [6, 6.07) is 16.6. The number of alkyl halides is 3. The molecule has 0 spiro atoms. The summed E-state index contributed by atoms with van der Waals surface area (Å²) in [7, 11) is 1.35. The summed E-state index contributed by atoms with van der Waals surface area (Å²) in [5.41, 5.74) is 1.89. The van der Waals surface area contributed by atoms with Gasteiger partial charge in [-0.05, 0) is 100 Å². The number of methoxy groups -OCH3 is 1. The van der Waals surface area contributed by atoms with Crippen LogP contribution in [0.4, 0.5) is 19.0 Å². The van der Waals surface area contributed by atoms with Crippen LogP contribution in [0.3, 0.4) is 0 Å². The summed E-state index contributed by atoms with van der Waals surface area (Å²) in [5, 5.41) is 21.1. The first-order valence-electron chi connectivity index (χ1n) is 18.1. The molecule has 1 aromatic heterocycles. The Balaban J connectivity index is 1.28. The van der Waals surface area contributed by atoms with Gasteiger partial charge in [-0.2, -0.15) is 18.2 Å². The van der Waals surface area contributed by atoms with Crippen molar-refractivity contribution in [1.82, 2.24) is 14.9 Å². The smallest absolute Gasteiger partial charge is 0.417 e. The average molecular weight is 901 g/mol. The van der Waals surface area contributed by atoms with Gasteiger partial charge in [0, 0.05) is 23.7 Å². The maximum absolute atomic E-state index is 15.4. The van der Waals surface area contributed by atoms with Crippen LogP contribution in [0, 0.1) is 23.7 Å². The van der Waals surface area contributed by atoms with E-state index in [4.69, 9.17) is 27.9 Å². The Morgan fingerprint density at radius 2 is 1.67 bits per heavy atom. The number of allylic oxidation sites excluding steroid dienone is 2. The Kier molecular flexibility index (Phi) is 10.00. The van der Waals surface area contributed by atoms with Gasteiger partial charge in [0.1, 0.15) is 5.75 Å². The van der Waals surface area contributed by atoms with Gasteiger partial charge in [0.15, 0.2) is 17.3 Å². The lowest BCUT2D eigenvalue weighted by Crippen LogP contribution is -2.53. The summed E-state index contributed by atoms with van der Waals surface area (Å²) < 4.78 is 46.3. The van der Waals surface area contributed by atoms with Crippen LogP contribution in [0.25, 0.3) is 0 Å². The highest BCUT2D eigenvalue weighted by Gasteiger charge is 2.70. The number of nitrogens with zero attached hydrogens (tertiary/aromatic N) is 3. The summed E-state index contributed by atoms with van der Waals surface area (Å²) in [6.45, 7) is 0.0805. The third-order valence-corrected chi connectivity index (χ3v) is 13.0. The molecule has 2 aliphatic heterocycles. The third kappa shape index (κ3) is 6.29. The molecule has 2 aliphatic carbocycles. The SMILES string of the molecule is COc1cc(C2C3=CCC4C(=O)N(CCc5ccc(O)cc5)C(=O)C4C3CC3C(=O)N(Nc4ncc(C(F)(F)F)cc4Cl)C(=O)C32c2ccc(Cl)cc2)cc(Br)c1O. The number of imide groups is 2. The number of carbonyl (C=O) groups is 4. The van der Waals surface area contributed by atoms with Crippen molar-refractivity contribution in [2.75, 3.05) is 19.1 Å². The number of phenolic OH excluding ortho intramolecular Hbond substituents is 2. The molecule has 3 heterocycles. The van der Waals surface area contributed by atoms with Gasteiger partial charge in [-0.3, -0.25) is 29.5 Å². The number of aromatic hydroxyl groups is 2. The fraction of sp³-hybridized carbons (Fsp3) is 0.293. The second kappa shape index (κ2) is 14.6. The van der Waals surface area contributed by atoms with E-state index in [1.165, 1.54) is 24.1 Å². The molecule has 6 unspecified atom stereocenters. The van der Waals surface area contributed by atoms with Crippen LogP contribution in [0.5, 0.6) is 17.2 Å². The number of likely N-dealkylation sites (tertiary alicyclic amines) is 1. The molecule has 3 N–H and O–H groups in total. The highest BCUT2D eigenvalue weighted by molar-refractivity contribution is 9.10. The molecule has 17 heteroatoms. The zero-order valence-corrected chi connectivity index (χ0v) is 33.4. The molecule has 1 saturated carbocycles. The number of carbonyl (C=O) groups excluding carboxylic acids is 4. The number of ether oxygens (including phenoxy) is 1. The number of fused-ring (bicyclic) bond motifs is 4. The van der Waals surface area contributed by atoms with Crippen LogP contribution < -0.4 is 10.2 Å². The summed E-state index contributed by atoms with van der Waals surface area (Å²) >= 11 is 16.0. The number of aromatic nitrogens is 1. The molecular weight excluding hydrogens is 868 g/mol. The Morgan fingerprint density at radius 3 is 2.33 bits per heavy atom. The van der Waals surface area contributed by atoms with Crippen LogP contribution in [0.2, 0.25) is 10.0 Å². The number of benzene rings is 3. The fourth-order valence-corrected chi connectivity index (χ4v) is 10.1. The van der Waals surface area contributed by atoms with E-state index in [-0.39, 0.29) is 52.8 Å². The molecule has 8 rings (SSSR count). The minimum Gasteiger partial charge on any atom is -0.508 e. The number of phenols is 2. The molecule has 3 aromatic carbocycles. The summed E-state index contributed by atoms with van der Waals surface area (Å²) in [5.74, 6) is -7.44. The van der Waals surface area contributed by atoms with Crippen molar-refractivity contribution in [1.29, 1.82) is 0 Å². The van der Waals surface area contributed by atoms with E-state index in [1.807, 2.05) is 6.08 Å². The van der Waals surface area contributed by atoms with Crippen LogP contribution in [-0.2, 0) is 37.2 Å². The number of hydrogen-bond donors (Lipinski definition) is 3. The molecule has 11 nitrogen and oxygen atoms in total. The van der Waals surface area contributed by atoms with E-state index in [9.17, 15) is 37.8 Å². The third-order valence-electron chi connectivity index (χ3n) is 11.8. The highest BCUT2D eigenvalue weighted by Crippen LogP contribution is 2.64. The van der Waals surface area contributed by atoms with E-state index < -0.39 is 69.5 Å². The van der Waals surface area contributed by atoms with Crippen LogP contribution in [0.15, 0.2) is 89.0 Å². The topological polar surface area (TPSA) is 149 Å². The lowest BCUT2D eigenvalue weighted by molar-refractivity contribution is -0.141. The average Bonchev–Trinajstić information content (AvgIpc) is 3.56. The first kappa shape index (κ1) is 39.7. The van der Waals surface area contributed by atoms with E-state index in [1.54, 1.807) is 48.5 Å². The van der Waals surface area contributed by atoms with Crippen LogP contribution in [0.1, 0.15) is 41.0 Å². The number of halogens is 6. The molecule has 300 valence electrons. The zero-order chi connectivity index (χ0) is 41.4. The van der Waals surface area contributed by atoms with Crippen LogP contribution in [-0.4, -0.2) is 62.4 Å². The predicted octanol–water partition coefficient (Wildman–Crippen LogP) is 7.82. The van der Waals surface area contributed by atoms with Crippen molar-refractivity contribution in [2.45, 2.75) is 36.8 Å². The van der Waals surface area contributed by atoms with Crippen molar-refractivity contribution >= 4 is 68.6 Å². The van der Waals surface area contributed by atoms with Gasteiger partial charge in [-0.15, -0.1) is 0 Å². The van der Waals surface area contributed by atoms with Crippen molar-refractivity contribution in [2.24, 2.45) is 23.7 Å². The van der Waals surface area contributed by atoms with Crippen molar-refractivity contribution in [3.05, 3.63) is 121 Å². The van der Waals surface area contributed by atoms with E-state index in [0.717, 1.165) is 5.56 Å². The maximum atomic E-state index is 15.4. The van der Waals surface area contributed by atoms with E-state index in [2.05, 4.69) is 26.3 Å². The molecule has 0 radical (unpaired) electrons. The molecule has 4 aliphatic rings. The summed E-state index contributed by atoms with van der Waals surface area (Å²) in [6.07, 6.45) is -1.96. The van der Waals surface area contributed by atoms with Gasteiger partial charge in [-0.25, -0.2) is 4.98 Å². The summed E-state index contributed by atoms with van der Waals surface area (Å²) in [4.78, 5) is 63.8. The van der Waals surface area contributed by atoms with Crippen LogP contribution >= 0.6 is 39.1 Å². The van der Waals surface area contributed by atoms with E-state index >= 15 is 4.79 Å². The minimum absolute atomic E-state index is 0.0450. The minimum atomic E-state index is -4.77. The number of amides is 4. The number of hydrogen-bond acceptors (Lipinski definition) is 9. The van der Waals surface area contributed by atoms with Gasteiger partial charge in [0.05, 0.1) is 45.3 Å². The standard InChI is InChI=1S/C41H32BrCl2F3N4O7/c1-58-31-15-20(14-29(42)34(31)53)33-25-10-11-26-32(38(56)50(36(26)54)13-12-19-2-8-24(52)9-3-19)27(25)17-28-37(55)51(39(57)40(28,33)21-4-6-23(43)7-5-21)49-35-30(44)16-22(18-48-35)41(45,46)47/h2-10,14-16,18,26-28,32-33,52-53H,11-13,17H2,1H3,(H,48,49). The van der Waals surface area contributed by atoms with Gasteiger partial charge in [0.25, 0.3) is 11.8 Å². The quantitative estimate of drug-likeness (QED) is 0.119. The fourth-order valence-electron chi connectivity index (χ4n) is 9.26. The van der Waals surface area contributed by atoms with Crippen molar-refractivity contribution in [3.8, 4) is 17.2 Å². The molecule has 4 aromatic rings. The molecule has 0 bridgehead atoms. The molecule has 3 fully saturated rings. The largest absolute Gasteiger partial charge is 0.508 e. The Morgan fingerprint density at radius 1 is 0.966 bits per heavy atom. The van der Waals surface area contributed by atoms with Crippen molar-refractivity contribution < 1.29 is 47.3 Å². The second-order valence-electron chi connectivity index (χ2n) is 14.7. The van der Waals surface area contributed by atoms with E-state index in [0.29, 0.717) is 45.4 Å². The number of nitrogens with one attached hydrogen (secondary N) is 1. The molecule has 2 saturated heterocycles. The second-order valence-corrected chi connectivity index (χ2v) is 16.4. The monoisotopic (exact) mass is 898 g/mol. The lowest BCUT2D eigenvalue weighted by Gasteiger charge is -2.50. The highest BCUT2D eigenvalue weighted by atomic mass is 79.9. The Labute approximate surface area is 347 Å². The van der Waals surface area contributed by atoms with Gasteiger partial charge < -0.3 is 14.9 Å². The Hall–Kier alpha value is -5.12. The molecule has 4 amide bonds. The number of anilines is 1. The number of pyridine rings is 1. The first-order valence-corrected chi connectivity index (χ1v) is 19.6. The van der Waals surface area contributed by atoms with Crippen molar-refractivity contribution in [3.63, 3.8) is 0 Å². The molecule has 6 atom stereocenters. The van der Waals surface area contributed by atoms with Gasteiger partial charge in [0.2, 0.25) is 11.8 Å². The number of hydrazine groups is 1. The van der Waals surface area contributed by atoms with Gasteiger partial charge >= 0.3 is 6.18 Å². The maximum Gasteiger partial charge on any atom is 0.417 e. The lowest BCUT2D eigenvalue weighted by atomic mass is 9.49. The molecular formula is C41H32BrCl2F3N4O7. The number of rotatable bonds is 8.